The molecule has 2 aromatic rings. The molecule has 1 aliphatic carbocycles. The van der Waals surface area contributed by atoms with Crippen molar-refractivity contribution in [1.29, 1.82) is 10.5 Å². The SMILES string of the molecule is Cc1c(C#N)c(NC(=O)CN2CCC[C@H]2[C@@H](C#N)c2ccccc2)n(C2CCCCC2)c1C. The molecule has 1 aliphatic heterocycles. The minimum absolute atomic E-state index is 0.0205. The lowest BCUT2D eigenvalue weighted by Crippen LogP contribution is -2.40. The summed E-state index contributed by atoms with van der Waals surface area (Å²) in [4.78, 5) is 15.4. The molecular weight excluding hydrogens is 410 g/mol. The fourth-order valence-corrected chi connectivity index (χ4v) is 5.71. The lowest BCUT2D eigenvalue weighted by Gasteiger charge is -2.29. The van der Waals surface area contributed by atoms with E-state index in [0.717, 1.165) is 49.0 Å². The summed E-state index contributed by atoms with van der Waals surface area (Å²) < 4.78 is 2.20. The zero-order valence-corrected chi connectivity index (χ0v) is 19.7. The van der Waals surface area contributed by atoms with Crippen LogP contribution in [0.4, 0.5) is 5.82 Å². The monoisotopic (exact) mass is 443 g/mol. The van der Waals surface area contributed by atoms with Crippen molar-refractivity contribution in [1.82, 2.24) is 9.47 Å². The van der Waals surface area contributed by atoms with E-state index in [1.54, 1.807) is 0 Å². The van der Waals surface area contributed by atoms with Crippen LogP contribution in [0.1, 0.15) is 79.3 Å². The average molecular weight is 444 g/mol. The molecule has 6 nitrogen and oxygen atoms in total. The molecule has 0 unspecified atom stereocenters. The van der Waals surface area contributed by atoms with E-state index in [1.165, 1.54) is 19.3 Å². The maximum absolute atomic E-state index is 13.2. The van der Waals surface area contributed by atoms with E-state index in [1.807, 2.05) is 44.2 Å². The largest absolute Gasteiger partial charge is 0.327 e. The lowest BCUT2D eigenvalue weighted by atomic mass is 9.91. The van der Waals surface area contributed by atoms with E-state index in [2.05, 4.69) is 26.9 Å². The Morgan fingerprint density at radius 1 is 1.09 bits per heavy atom. The Morgan fingerprint density at radius 3 is 2.48 bits per heavy atom. The molecule has 2 atom stereocenters. The van der Waals surface area contributed by atoms with E-state index in [-0.39, 0.29) is 24.4 Å². The summed E-state index contributed by atoms with van der Waals surface area (Å²) in [5, 5.41) is 22.8. The molecule has 1 saturated heterocycles. The van der Waals surface area contributed by atoms with E-state index in [0.29, 0.717) is 17.4 Å². The Bertz CT molecular complexity index is 1070. The second kappa shape index (κ2) is 10.2. The molecule has 33 heavy (non-hydrogen) atoms. The molecule has 2 aliphatic rings. The van der Waals surface area contributed by atoms with Gasteiger partial charge in [-0.15, -0.1) is 0 Å². The average Bonchev–Trinajstić information content (AvgIpc) is 3.37. The van der Waals surface area contributed by atoms with Gasteiger partial charge in [0.25, 0.3) is 0 Å². The van der Waals surface area contributed by atoms with Crippen molar-refractivity contribution in [3.8, 4) is 12.1 Å². The summed E-state index contributed by atoms with van der Waals surface area (Å²) in [5.74, 6) is 0.282. The highest BCUT2D eigenvalue weighted by molar-refractivity contribution is 5.93. The first-order valence-corrected chi connectivity index (χ1v) is 12.1. The minimum atomic E-state index is -0.258. The number of nitrogens with one attached hydrogen (secondary N) is 1. The zero-order chi connectivity index (χ0) is 23.4. The van der Waals surface area contributed by atoms with Crippen LogP contribution in [0.5, 0.6) is 0 Å². The third-order valence-electron chi connectivity index (χ3n) is 7.51. The van der Waals surface area contributed by atoms with Crippen molar-refractivity contribution in [3.05, 3.63) is 52.7 Å². The molecule has 1 amide bonds. The number of likely N-dealkylation sites (tertiary alicyclic amines) is 1. The van der Waals surface area contributed by atoms with Crippen molar-refractivity contribution >= 4 is 11.7 Å². The molecule has 6 heteroatoms. The van der Waals surface area contributed by atoms with Crippen LogP contribution in [0.2, 0.25) is 0 Å². The second-order valence-corrected chi connectivity index (χ2v) is 9.45. The summed E-state index contributed by atoms with van der Waals surface area (Å²) in [5.41, 5.74) is 3.59. The number of carbonyl (C=O) groups is 1. The highest BCUT2D eigenvalue weighted by Crippen LogP contribution is 2.37. The first-order chi connectivity index (χ1) is 16.0. The lowest BCUT2D eigenvalue weighted by molar-refractivity contribution is -0.117. The van der Waals surface area contributed by atoms with Crippen LogP contribution >= 0.6 is 0 Å². The Labute approximate surface area is 196 Å². The maximum Gasteiger partial charge on any atom is 0.239 e. The van der Waals surface area contributed by atoms with Gasteiger partial charge in [0.15, 0.2) is 0 Å². The number of carbonyl (C=O) groups excluding carboxylic acids is 1. The molecular formula is C27H33N5O. The molecule has 4 rings (SSSR count). The van der Waals surface area contributed by atoms with Gasteiger partial charge in [0.1, 0.15) is 11.9 Å². The third-order valence-corrected chi connectivity index (χ3v) is 7.51. The van der Waals surface area contributed by atoms with Gasteiger partial charge in [-0.25, -0.2) is 0 Å². The smallest absolute Gasteiger partial charge is 0.239 e. The molecule has 0 bridgehead atoms. The number of nitrogens with zero attached hydrogens (tertiary/aromatic N) is 4. The summed E-state index contributed by atoms with van der Waals surface area (Å²) in [6.45, 7) is 5.05. The van der Waals surface area contributed by atoms with Gasteiger partial charge in [-0.05, 0) is 57.2 Å². The number of anilines is 1. The summed E-state index contributed by atoms with van der Waals surface area (Å²) in [7, 11) is 0. The number of amides is 1. The fraction of sp³-hybridized carbons (Fsp3) is 0.519. The van der Waals surface area contributed by atoms with Gasteiger partial charge in [-0.2, -0.15) is 10.5 Å². The Balaban J connectivity index is 1.54. The Morgan fingerprint density at radius 2 is 1.82 bits per heavy atom. The minimum Gasteiger partial charge on any atom is -0.327 e. The molecule has 2 heterocycles. The van der Waals surface area contributed by atoms with Gasteiger partial charge in [-0.1, -0.05) is 49.6 Å². The van der Waals surface area contributed by atoms with Crippen molar-refractivity contribution in [2.75, 3.05) is 18.4 Å². The quantitative estimate of drug-likeness (QED) is 0.666. The van der Waals surface area contributed by atoms with E-state index in [9.17, 15) is 15.3 Å². The van der Waals surface area contributed by atoms with Gasteiger partial charge in [0.05, 0.1) is 24.1 Å². The maximum atomic E-state index is 13.2. The van der Waals surface area contributed by atoms with Gasteiger partial charge in [-0.3, -0.25) is 9.69 Å². The topological polar surface area (TPSA) is 84.8 Å². The molecule has 1 aromatic carbocycles. The normalized spacial score (nSPS) is 20.2. The third kappa shape index (κ3) is 4.68. The standard InChI is InChI=1S/C27H33N5O/c1-19-20(2)32(22-12-7-4-8-13-22)27(23(19)16-28)30-26(33)18-31-15-9-14-25(31)24(17-29)21-10-5-3-6-11-21/h3,5-6,10-11,22,24-25H,4,7-9,12-15,18H2,1-2H3,(H,30,33)/t24-,25-/m0/s1. The predicted octanol–water partition coefficient (Wildman–Crippen LogP) is 5.19. The van der Waals surface area contributed by atoms with Crippen LogP contribution in [0.15, 0.2) is 30.3 Å². The molecule has 172 valence electrons. The number of benzene rings is 1. The van der Waals surface area contributed by atoms with Gasteiger partial charge in [0, 0.05) is 17.8 Å². The summed E-state index contributed by atoms with van der Waals surface area (Å²) >= 11 is 0. The van der Waals surface area contributed by atoms with Crippen LogP contribution in [0.3, 0.4) is 0 Å². The molecule has 0 spiro atoms. The molecule has 1 N–H and O–H groups in total. The van der Waals surface area contributed by atoms with Crippen LogP contribution in [0, 0.1) is 36.5 Å². The number of nitriles is 2. The highest BCUT2D eigenvalue weighted by Gasteiger charge is 2.34. The fourth-order valence-electron chi connectivity index (χ4n) is 5.71. The molecule has 1 saturated carbocycles. The van der Waals surface area contributed by atoms with Gasteiger partial charge >= 0.3 is 0 Å². The second-order valence-electron chi connectivity index (χ2n) is 9.45. The summed E-state index contributed by atoms with van der Waals surface area (Å²) in [6.07, 6.45) is 7.65. The van der Waals surface area contributed by atoms with Crippen LogP contribution in [-0.4, -0.2) is 34.5 Å². The van der Waals surface area contributed by atoms with Crippen molar-refractivity contribution < 1.29 is 4.79 Å². The Hall–Kier alpha value is -3.09. The Kier molecular flexibility index (Phi) is 7.16. The van der Waals surface area contributed by atoms with E-state index in [4.69, 9.17) is 0 Å². The first-order valence-electron chi connectivity index (χ1n) is 12.1. The van der Waals surface area contributed by atoms with Crippen molar-refractivity contribution in [3.63, 3.8) is 0 Å². The molecule has 2 fully saturated rings. The highest BCUT2D eigenvalue weighted by atomic mass is 16.2. The van der Waals surface area contributed by atoms with Crippen molar-refractivity contribution in [2.24, 2.45) is 0 Å². The van der Waals surface area contributed by atoms with Crippen LogP contribution in [0.25, 0.3) is 0 Å². The number of hydrogen-bond donors (Lipinski definition) is 1. The van der Waals surface area contributed by atoms with Crippen molar-refractivity contribution in [2.45, 2.75) is 76.8 Å². The number of rotatable bonds is 6. The van der Waals surface area contributed by atoms with Crippen LogP contribution in [-0.2, 0) is 4.79 Å². The van der Waals surface area contributed by atoms with E-state index >= 15 is 0 Å². The summed E-state index contributed by atoms with van der Waals surface area (Å²) in [6, 6.07) is 15.0. The first kappa shape index (κ1) is 23.1. The van der Waals surface area contributed by atoms with Gasteiger partial charge in [0.2, 0.25) is 5.91 Å². The molecule has 1 aromatic heterocycles. The van der Waals surface area contributed by atoms with Crippen LogP contribution < -0.4 is 5.32 Å². The predicted molar refractivity (Wildman–Crippen MR) is 129 cm³/mol. The molecule has 0 radical (unpaired) electrons. The number of aromatic nitrogens is 1. The van der Waals surface area contributed by atoms with E-state index < -0.39 is 0 Å². The number of hydrogen-bond acceptors (Lipinski definition) is 4. The van der Waals surface area contributed by atoms with Gasteiger partial charge < -0.3 is 9.88 Å². The zero-order valence-electron chi connectivity index (χ0n) is 19.7.